The van der Waals surface area contributed by atoms with Crippen molar-refractivity contribution in [2.75, 3.05) is 5.33 Å². The van der Waals surface area contributed by atoms with Crippen molar-refractivity contribution in [3.63, 3.8) is 0 Å². The van der Waals surface area contributed by atoms with Crippen LogP contribution in [0.15, 0.2) is 28.7 Å². The van der Waals surface area contributed by atoms with E-state index in [1.54, 1.807) is 0 Å². The largest absolute Gasteiger partial charge is 0.451 e. The van der Waals surface area contributed by atoms with Gasteiger partial charge in [0.15, 0.2) is 5.76 Å². The van der Waals surface area contributed by atoms with Crippen molar-refractivity contribution >= 4 is 32.8 Å². The molecule has 2 aromatic rings. The van der Waals surface area contributed by atoms with E-state index in [4.69, 9.17) is 4.42 Å². The lowest BCUT2D eigenvalue weighted by Crippen LogP contribution is -2.38. The van der Waals surface area contributed by atoms with Crippen molar-refractivity contribution in [1.29, 1.82) is 0 Å². The Morgan fingerprint density at radius 2 is 2.10 bits per heavy atom. The molecule has 1 heterocycles. The zero-order valence-corrected chi connectivity index (χ0v) is 13.7. The molecule has 1 N–H and O–H groups in total. The molecule has 0 saturated heterocycles. The summed E-state index contributed by atoms with van der Waals surface area (Å²) in [5.41, 5.74) is 1.91. The van der Waals surface area contributed by atoms with Crippen LogP contribution < -0.4 is 5.32 Å². The van der Waals surface area contributed by atoms with Gasteiger partial charge in [-0.05, 0) is 37.5 Å². The molecule has 108 valence electrons. The zero-order chi connectivity index (χ0) is 14.7. The molecule has 20 heavy (non-hydrogen) atoms. The minimum Gasteiger partial charge on any atom is -0.451 e. The summed E-state index contributed by atoms with van der Waals surface area (Å²) in [6, 6.07) is 7.86. The highest BCUT2D eigenvalue weighted by Crippen LogP contribution is 2.21. The van der Waals surface area contributed by atoms with Gasteiger partial charge in [-0.25, -0.2) is 0 Å². The maximum Gasteiger partial charge on any atom is 0.287 e. The molecular formula is C16H20BrNO2. The second kappa shape index (κ2) is 6.44. The number of furan rings is 1. The lowest BCUT2D eigenvalue weighted by molar-refractivity contribution is 0.0899. The molecule has 0 aliphatic rings. The standard InChI is InChI=1S/C16H20BrNO2/c1-10(2)13(6-7-17)18-16(19)15-9-12-8-11(3)4-5-14(12)20-15/h4-5,8-10,13H,6-7H2,1-3H3,(H,18,19). The summed E-state index contributed by atoms with van der Waals surface area (Å²) in [7, 11) is 0. The van der Waals surface area contributed by atoms with E-state index in [-0.39, 0.29) is 11.9 Å². The van der Waals surface area contributed by atoms with E-state index in [1.165, 1.54) is 0 Å². The van der Waals surface area contributed by atoms with Crippen LogP contribution in [0.5, 0.6) is 0 Å². The van der Waals surface area contributed by atoms with Crippen LogP contribution in [0.3, 0.4) is 0 Å². The topological polar surface area (TPSA) is 42.2 Å². The molecule has 0 aliphatic carbocycles. The molecule has 1 atom stereocenters. The van der Waals surface area contributed by atoms with E-state index < -0.39 is 0 Å². The molecule has 1 unspecified atom stereocenters. The second-order valence-electron chi connectivity index (χ2n) is 5.45. The van der Waals surface area contributed by atoms with Gasteiger partial charge in [-0.1, -0.05) is 41.4 Å². The molecule has 1 aromatic heterocycles. The number of fused-ring (bicyclic) bond motifs is 1. The molecule has 3 nitrogen and oxygen atoms in total. The van der Waals surface area contributed by atoms with Crippen LogP contribution in [-0.2, 0) is 0 Å². The van der Waals surface area contributed by atoms with Crippen LogP contribution in [0, 0.1) is 12.8 Å². The summed E-state index contributed by atoms with van der Waals surface area (Å²) in [6.45, 7) is 6.24. The first-order valence-electron chi connectivity index (χ1n) is 6.88. The SMILES string of the molecule is Cc1ccc2oc(C(=O)NC(CCBr)C(C)C)cc2c1. The molecule has 1 amide bonds. The molecule has 0 fully saturated rings. The van der Waals surface area contributed by atoms with Gasteiger partial charge >= 0.3 is 0 Å². The van der Waals surface area contributed by atoms with Crippen LogP contribution >= 0.6 is 15.9 Å². The number of halogens is 1. The van der Waals surface area contributed by atoms with Gasteiger partial charge in [-0.15, -0.1) is 0 Å². The third-order valence-electron chi connectivity index (χ3n) is 3.44. The molecule has 1 aromatic carbocycles. The third-order valence-corrected chi connectivity index (χ3v) is 3.89. The van der Waals surface area contributed by atoms with E-state index in [1.807, 2.05) is 31.2 Å². The van der Waals surface area contributed by atoms with E-state index in [2.05, 4.69) is 35.1 Å². The summed E-state index contributed by atoms with van der Waals surface area (Å²) >= 11 is 3.43. The number of amides is 1. The van der Waals surface area contributed by atoms with Gasteiger partial charge in [0.05, 0.1) is 0 Å². The normalized spacial score (nSPS) is 12.8. The van der Waals surface area contributed by atoms with Crippen LogP contribution in [-0.4, -0.2) is 17.3 Å². The van der Waals surface area contributed by atoms with Crippen molar-refractivity contribution in [3.05, 3.63) is 35.6 Å². The quantitative estimate of drug-likeness (QED) is 0.827. The van der Waals surface area contributed by atoms with E-state index >= 15 is 0 Å². The number of aryl methyl sites for hydroxylation is 1. The van der Waals surface area contributed by atoms with Gasteiger partial charge in [0.2, 0.25) is 0 Å². The maximum atomic E-state index is 12.3. The van der Waals surface area contributed by atoms with E-state index in [0.29, 0.717) is 11.7 Å². The molecular weight excluding hydrogens is 318 g/mol. The number of nitrogens with one attached hydrogen (secondary N) is 1. The van der Waals surface area contributed by atoms with Crippen LogP contribution in [0.4, 0.5) is 0 Å². The fourth-order valence-electron chi connectivity index (χ4n) is 2.20. The molecule has 0 radical (unpaired) electrons. The number of hydrogen-bond donors (Lipinski definition) is 1. The number of carbonyl (C=O) groups is 1. The van der Waals surface area contributed by atoms with Crippen LogP contribution in [0.25, 0.3) is 11.0 Å². The number of carbonyl (C=O) groups excluding carboxylic acids is 1. The summed E-state index contributed by atoms with van der Waals surface area (Å²) in [4.78, 5) is 12.3. The number of alkyl halides is 1. The van der Waals surface area contributed by atoms with Crippen molar-refractivity contribution in [2.24, 2.45) is 5.92 Å². The monoisotopic (exact) mass is 337 g/mol. The lowest BCUT2D eigenvalue weighted by atomic mass is 10.0. The summed E-state index contributed by atoms with van der Waals surface area (Å²) in [5.74, 6) is 0.632. The van der Waals surface area contributed by atoms with Crippen LogP contribution in [0.1, 0.15) is 36.4 Å². The summed E-state index contributed by atoms with van der Waals surface area (Å²) in [5, 5.41) is 4.89. The summed E-state index contributed by atoms with van der Waals surface area (Å²) < 4.78 is 5.62. The van der Waals surface area contributed by atoms with Crippen LogP contribution in [0.2, 0.25) is 0 Å². The zero-order valence-electron chi connectivity index (χ0n) is 12.1. The molecule has 0 spiro atoms. The highest BCUT2D eigenvalue weighted by atomic mass is 79.9. The summed E-state index contributed by atoms with van der Waals surface area (Å²) in [6.07, 6.45) is 0.905. The molecule has 0 saturated carbocycles. The molecule has 0 bridgehead atoms. The Labute approximate surface area is 127 Å². The average Bonchev–Trinajstić information content (AvgIpc) is 2.80. The fraction of sp³-hybridized carbons (Fsp3) is 0.438. The van der Waals surface area contributed by atoms with Crippen molar-refractivity contribution in [3.8, 4) is 0 Å². The predicted molar refractivity (Wildman–Crippen MR) is 85.5 cm³/mol. The predicted octanol–water partition coefficient (Wildman–Crippen LogP) is 4.28. The van der Waals surface area contributed by atoms with E-state index in [0.717, 1.165) is 28.3 Å². The number of benzene rings is 1. The van der Waals surface area contributed by atoms with Crippen molar-refractivity contribution in [1.82, 2.24) is 5.32 Å². The van der Waals surface area contributed by atoms with Gasteiger partial charge < -0.3 is 9.73 Å². The van der Waals surface area contributed by atoms with Crippen molar-refractivity contribution < 1.29 is 9.21 Å². The van der Waals surface area contributed by atoms with Gasteiger partial charge in [0, 0.05) is 16.8 Å². The first-order chi connectivity index (χ1) is 9.51. The lowest BCUT2D eigenvalue weighted by Gasteiger charge is -2.20. The second-order valence-corrected chi connectivity index (χ2v) is 6.25. The van der Waals surface area contributed by atoms with Gasteiger partial charge in [0.25, 0.3) is 5.91 Å². The third kappa shape index (κ3) is 3.42. The number of rotatable bonds is 5. The number of hydrogen-bond acceptors (Lipinski definition) is 2. The average molecular weight is 338 g/mol. The smallest absolute Gasteiger partial charge is 0.287 e. The maximum absolute atomic E-state index is 12.3. The molecule has 4 heteroatoms. The Kier molecular flexibility index (Phi) is 4.86. The van der Waals surface area contributed by atoms with Gasteiger partial charge in [-0.2, -0.15) is 0 Å². The van der Waals surface area contributed by atoms with Gasteiger partial charge in [-0.3, -0.25) is 4.79 Å². The Morgan fingerprint density at radius 3 is 2.75 bits per heavy atom. The highest BCUT2D eigenvalue weighted by molar-refractivity contribution is 9.09. The van der Waals surface area contributed by atoms with Gasteiger partial charge in [0.1, 0.15) is 5.58 Å². The Balaban J connectivity index is 2.18. The Morgan fingerprint density at radius 1 is 1.35 bits per heavy atom. The van der Waals surface area contributed by atoms with E-state index in [9.17, 15) is 4.79 Å². The highest BCUT2D eigenvalue weighted by Gasteiger charge is 2.19. The minimum atomic E-state index is -0.140. The Bertz CT molecular complexity index is 604. The minimum absolute atomic E-state index is 0.140. The first-order valence-corrected chi connectivity index (χ1v) is 8.00. The molecule has 2 rings (SSSR count). The molecule has 0 aliphatic heterocycles. The fourth-order valence-corrected chi connectivity index (χ4v) is 2.70. The Hall–Kier alpha value is -1.29. The van der Waals surface area contributed by atoms with Crippen molar-refractivity contribution in [2.45, 2.75) is 33.2 Å². The first kappa shape index (κ1) is 15.1.